The molecular weight excluding hydrogens is 440 g/mol. The molecule has 32 heavy (non-hydrogen) atoms. The van der Waals surface area contributed by atoms with Crippen molar-refractivity contribution in [2.75, 3.05) is 40.4 Å². The molecule has 1 amide bonds. The summed E-state index contributed by atoms with van der Waals surface area (Å²) in [5.41, 5.74) is 1.85. The zero-order chi connectivity index (χ0) is 23.7. The van der Waals surface area contributed by atoms with E-state index in [0.717, 1.165) is 24.7 Å². The lowest BCUT2D eigenvalue weighted by Crippen LogP contribution is -2.48. The van der Waals surface area contributed by atoms with Gasteiger partial charge in [0.1, 0.15) is 0 Å². The van der Waals surface area contributed by atoms with E-state index in [9.17, 15) is 4.79 Å². The number of rotatable bonds is 5. The van der Waals surface area contributed by atoms with E-state index < -0.39 is 11.9 Å². The van der Waals surface area contributed by atoms with Gasteiger partial charge in [-0.2, -0.15) is 0 Å². The van der Waals surface area contributed by atoms with Gasteiger partial charge >= 0.3 is 11.9 Å². The molecule has 0 spiro atoms. The molecule has 0 radical (unpaired) electrons. The molecule has 1 fully saturated rings. The summed E-state index contributed by atoms with van der Waals surface area (Å²) in [6.45, 7) is 3.99. The number of halogens is 1. The molecule has 10 heteroatoms. The number of hydrogen-bond donors (Lipinski definition) is 2. The number of aliphatic carboxylic acids is 2. The van der Waals surface area contributed by atoms with Gasteiger partial charge < -0.3 is 24.6 Å². The highest BCUT2D eigenvalue weighted by molar-refractivity contribution is 6.30. The Morgan fingerprint density at radius 2 is 1.44 bits per heavy atom. The normalized spacial score (nSPS) is 13.5. The van der Waals surface area contributed by atoms with Gasteiger partial charge in [-0.05, 0) is 35.9 Å². The number of carboxylic acid groups (broad SMARTS) is 2. The summed E-state index contributed by atoms with van der Waals surface area (Å²) in [6.07, 6.45) is 0. The van der Waals surface area contributed by atoms with Crippen LogP contribution in [-0.4, -0.2) is 78.3 Å². The highest BCUT2D eigenvalue weighted by Crippen LogP contribution is 2.28. The van der Waals surface area contributed by atoms with E-state index in [2.05, 4.69) is 4.90 Å². The number of piperazine rings is 1. The standard InChI is InChI=1S/C20H23ClN2O3.C2H2O4/c1-25-18-8-5-16(13-19(18)26-2)20(24)23-11-9-22(10-12-23)14-15-3-6-17(21)7-4-15;3-1(4)2(5)6/h3-8,13H,9-12,14H2,1-2H3;(H,3,4)(H,5,6). The zero-order valence-electron chi connectivity index (χ0n) is 17.8. The van der Waals surface area contributed by atoms with E-state index in [4.69, 9.17) is 40.9 Å². The lowest BCUT2D eigenvalue weighted by Gasteiger charge is -2.34. The largest absolute Gasteiger partial charge is 0.493 e. The SMILES string of the molecule is COc1ccc(C(=O)N2CCN(Cc3ccc(Cl)cc3)CC2)cc1OC.O=C(O)C(=O)O. The number of ether oxygens (including phenoxy) is 2. The molecule has 0 aromatic heterocycles. The molecule has 3 rings (SSSR count). The number of hydrogen-bond acceptors (Lipinski definition) is 6. The number of carbonyl (C=O) groups excluding carboxylic acids is 1. The fourth-order valence-corrected chi connectivity index (χ4v) is 3.23. The van der Waals surface area contributed by atoms with Crippen molar-refractivity contribution in [3.05, 3.63) is 58.6 Å². The third kappa shape index (κ3) is 7.14. The van der Waals surface area contributed by atoms with E-state index >= 15 is 0 Å². The van der Waals surface area contributed by atoms with E-state index in [-0.39, 0.29) is 5.91 Å². The maximum Gasteiger partial charge on any atom is 0.414 e. The number of benzene rings is 2. The molecule has 1 heterocycles. The smallest absolute Gasteiger partial charge is 0.414 e. The maximum absolute atomic E-state index is 12.8. The van der Waals surface area contributed by atoms with Crippen molar-refractivity contribution in [1.29, 1.82) is 0 Å². The first kappa shape index (κ1) is 25.0. The number of nitrogens with zero attached hydrogens (tertiary/aromatic N) is 2. The van der Waals surface area contributed by atoms with Crippen LogP contribution >= 0.6 is 11.6 Å². The Bertz CT molecular complexity index is 930. The Balaban J connectivity index is 0.000000534. The minimum absolute atomic E-state index is 0.0251. The summed E-state index contributed by atoms with van der Waals surface area (Å²) in [7, 11) is 3.15. The average Bonchev–Trinajstić information content (AvgIpc) is 2.80. The number of methoxy groups -OCH3 is 2. The molecule has 2 aromatic rings. The Morgan fingerprint density at radius 3 is 1.94 bits per heavy atom. The van der Waals surface area contributed by atoms with Crippen molar-refractivity contribution in [3.8, 4) is 11.5 Å². The van der Waals surface area contributed by atoms with Crippen molar-refractivity contribution in [3.63, 3.8) is 0 Å². The van der Waals surface area contributed by atoms with Crippen LogP contribution < -0.4 is 9.47 Å². The van der Waals surface area contributed by atoms with Gasteiger partial charge in [0.15, 0.2) is 11.5 Å². The van der Waals surface area contributed by atoms with Crippen LogP contribution in [-0.2, 0) is 16.1 Å². The fourth-order valence-electron chi connectivity index (χ4n) is 3.11. The molecule has 0 atom stereocenters. The molecule has 0 unspecified atom stereocenters. The van der Waals surface area contributed by atoms with Crippen LogP contribution in [0, 0.1) is 0 Å². The highest BCUT2D eigenvalue weighted by atomic mass is 35.5. The predicted molar refractivity (Wildman–Crippen MR) is 117 cm³/mol. The van der Waals surface area contributed by atoms with Crippen LogP contribution in [0.5, 0.6) is 11.5 Å². The molecule has 0 aliphatic carbocycles. The molecule has 172 valence electrons. The van der Waals surface area contributed by atoms with Crippen LogP contribution in [0.3, 0.4) is 0 Å². The molecule has 2 N–H and O–H groups in total. The number of carboxylic acids is 2. The molecule has 0 saturated carbocycles. The quantitative estimate of drug-likeness (QED) is 0.648. The van der Waals surface area contributed by atoms with Crippen molar-refractivity contribution < 1.29 is 34.1 Å². The summed E-state index contributed by atoms with van der Waals surface area (Å²) in [6, 6.07) is 13.2. The second kappa shape index (κ2) is 11.9. The van der Waals surface area contributed by atoms with Gasteiger partial charge in [-0.3, -0.25) is 9.69 Å². The molecule has 0 bridgehead atoms. The Kier molecular flexibility index (Phi) is 9.30. The molecule has 9 nitrogen and oxygen atoms in total. The Hall–Kier alpha value is -3.30. The maximum atomic E-state index is 12.8. The summed E-state index contributed by atoms with van der Waals surface area (Å²) in [5, 5.41) is 15.5. The second-order valence-electron chi connectivity index (χ2n) is 6.87. The predicted octanol–water partition coefficient (Wildman–Crippen LogP) is 2.47. The summed E-state index contributed by atoms with van der Waals surface area (Å²) in [5.74, 6) is -2.43. The van der Waals surface area contributed by atoms with Crippen LogP contribution in [0.2, 0.25) is 5.02 Å². The van der Waals surface area contributed by atoms with E-state index in [1.807, 2.05) is 29.2 Å². The summed E-state index contributed by atoms with van der Waals surface area (Å²) in [4.78, 5) is 35.2. The van der Waals surface area contributed by atoms with E-state index in [0.29, 0.717) is 30.2 Å². The highest BCUT2D eigenvalue weighted by Gasteiger charge is 2.23. The first-order chi connectivity index (χ1) is 15.2. The Labute approximate surface area is 190 Å². The van der Waals surface area contributed by atoms with Crippen LogP contribution in [0.1, 0.15) is 15.9 Å². The minimum atomic E-state index is -1.82. The first-order valence-electron chi connectivity index (χ1n) is 9.69. The molecule has 1 saturated heterocycles. The van der Waals surface area contributed by atoms with Crippen molar-refractivity contribution in [2.45, 2.75) is 6.54 Å². The lowest BCUT2D eigenvalue weighted by atomic mass is 10.1. The average molecular weight is 465 g/mol. The van der Waals surface area contributed by atoms with Gasteiger partial charge in [0, 0.05) is 43.3 Å². The third-order valence-electron chi connectivity index (χ3n) is 4.79. The number of carbonyl (C=O) groups is 3. The lowest BCUT2D eigenvalue weighted by molar-refractivity contribution is -0.159. The van der Waals surface area contributed by atoms with Crippen molar-refractivity contribution >= 4 is 29.4 Å². The van der Waals surface area contributed by atoms with Crippen LogP contribution in [0.4, 0.5) is 0 Å². The van der Waals surface area contributed by atoms with Gasteiger partial charge in [-0.1, -0.05) is 23.7 Å². The van der Waals surface area contributed by atoms with E-state index in [1.165, 1.54) is 5.56 Å². The summed E-state index contributed by atoms with van der Waals surface area (Å²) >= 11 is 5.93. The third-order valence-corrected chi connectivity index (χ3v) is 5.04. The molecule has 2 aromatic carbocycles. The van der Waals surface area contributed by atoms with Gasteiger partial charge in [0.05, 0.1) is 14.2 Å². The van der Waals surface area contributed by atoms with Crippen molar-refractivity contribution in [1.82, 2.24) is 9.80 Å². The first-order valence-corrected chi connectivity index (χ1v) is 10.1. The van der Waals surface area contributed by atoms with Crippen LogP contribution in [0.15, 0.2) is 42.5 Å². The topological polar surface area (TPSA) is 117 Å². The van der Waals surface area contributed by atoms with Gasteiger partial charge in [-0.25, -0.2) is 9.59 Å². The van der Waals surface area contributed by atoms with Gasteiger partial charge in [0.25, 0.3) is 5.91 Å². The van der Waals surface area contributed by atoms with E-state index in [1.54, 1.807) is 32.4 Å². The minimum Gasteiger partial charge on any atom is -0.493 e. The molecular formula is C22H25ClN2O7. The molecule has 1 aliphatic heterocycles. The fraction of sp³-hybridized carbons (Fsp3) is 0.318. The number of amides is 1. The summed E-state index contributed by atoms with van der Waals surface area (Å²) < 4.78 is 10.5. The van der Waals surface area contributed by atoms with Crippen molar-refractivity contribution in [2.24, 2.45) is 0 Å². The van der Waals surface area contributed by atoms with Gasteiger partial charge in [-0.15, -0.1) is 0 Å². The monoisotopic (exact) mass is 464 g/mol. The molecule has 1 aliphatic rings. The van der Waals surface area contributed by atoms with Gasteiger partial charge in [0.2, 0.25) is 0 Å². The Morgan fingerprint density at radius 1 is 0.875 bits per heavy atom. The second-order valence-corrected chi connectivity index (χ2v) is 7.31. The van der Waals surface area contributed by atoms with Crippen LogP contribution in [0.25, 0.3) is 0 Å². The zero-order valence-corrected chi connectivity index (χ0v) is 18.5.